The van der Waals surface area contributed by atoms with E-state index in [0.29, 0.717) is 19.7 Å². The van der Waals surface area contributed by atoms with Crippen LogP contribution >= 0.6 is 0 Å². The maximum Gasteiger partial charge on any atom is 0.410 e. The van der Waals surface area contributed by atoms with Crippen LogP contribution in [-0.4, -0.2) is 66.4 Å². The number of hydrogen-bond donors (Lipinski definition) is 0. The van der Waals surface area contributed by atoms with Crippen LogP contribution in [-0.2, 0) is 9.47 Å². The van der Waals surface area contributed by atoms with Gasteiger partial charge in [-0.2, -0.15) is 0 Å². The lowest BCUT2D eigenvalue weighted by Crippen LogP contribution is -2.40. The fraction of sp³-hybridized carbons (Fsp3) is 0.938. The molecule has 0 aromatic heterocycles. The highest BCUT2D eigenvalue weighted by atomic mass is 16.6. The predicted molar refractivity (Wildman–Crippen MR) is 84.6 cm³/mol. The van der Waals surface area contributed by atoms with Crippen molar-refractivity contribution in [1.29, 1.82) is 0 Å². The first-order valence-corrected chi connectivity index (χ1v) is 8.03. The summed E-state index contributed by atoms with van der Waals surface area (Å²) in [7, 11) is 0. The van der Waals surface area contributed by atoms with E-state index in [-0.39, 0.29) is 11.7 Å². The van der Waals surface area contributed by atoms with Gasteiger partial charge in [-0.05, 0) is 47.2 Å². The zero-order valence-corrected chi connectivity index (χ0v) is 14.6. The first-order valence-electron chi connectivity index (χ1n) is 8.03. The Morgan fingerprint density at radius 1 is 1.29 bits per heavy atom. The number of likely N-dealkylation sites (tertiary alicyclic amines) is 1. The van der Waals surface area contributed by atoms with E-state index in [1.165, 1.54) is 0 Å². The van der Waals surface area contributed by atoms with Gasteiger partial charge in [-0.3, -0.25) is 0 Å². The lowest BCUT2D eigenvalue weighted by atomic mass is 10.1. The Morgan fingerprint density at radius 3 is 2.43 bits per heavy atom. The van der Waals surface area contributed by atoms with Crippen molar-refractivity contribution in [2.45, 2.75) is 59.2 Å². The summed E-state index contributed by atoms with van der Waals surface area (Å²) in [6.07, 6.45) is 0.628. The minimum absolute atomic E-state index is 0.237. The smallest absolute Gasteiger partial charge is 0.410 e. The number of amides is 1. The molecule has 0 saturated carbocycles. The van der Waals surface area contributed by atoms with Gasteiger partial charge in [0.2, 0.25) is 0 Å². The summed E-state index contributed by atoms with van der Waals surface area (Å²) in [6.45, 7) is 17.1. The minimum atomic E-state index is -0.445. The van der Waals surface area contributed by atoms with Crippen LogP contribution in [0.15, 0.2) is 0 Å². The van der Waals surface area contributed by atoms with Crippen molar-refractivity contribution < 1.29 is 14.3 Å². The standard InChI is InChI=1S/C16H32N2O3/c1-7-17(8-2)11-12-20-16(6)9-10-18(13-16)14(19)21-15(3,4)5/h7-13H2,1-6H3. The second kappa shape index (κ2) is 7.45. The van der Waals surface area contributed by atoms with Gasteiger partial charge in [-0.25, -0.2) is 4.79 Å². The van der Waals surface area contributed by atoms with Gasteiger partial charge in [0.05, 0.1) is 18.8 Å². The molecule has 1 amide bonds. The van der Waals surface area contributed by atoms with E-state index in [0.717, 1.165) is 26.1 Å². The molecule has 0 aromatic carbocycles. The van der Waals surface area contributed by atoms with Gasteiger partial charge in [0.25, 0.3) is 0 Å². The van der Waals surface area contributed by atoms with Crippen molar-refractivity contribution >= 4 is 6.09 Å². The van der Waals surface area contributed by atoms with E-state index < -0.39 is 5.60 Å². The molecule has 21 heavy (non-hydrogen) atoms. The number of likely N-dealkylation sites (N-methyl/N-ethyl adjacent to an activating group) is 1. The summed E-state index contributed by atoms with van der Waals surface area (Å²) in [6, 6.07) is 0. The summed E-state index contributed by atoms with van der Waals surface area (Å²) in [5.41, 5.74) is -0.691. The summed E-state index contributed by atoms with van der Waals surface area (Å²) < 4.78 is 11.5. The van der Waals surface area contributed by atoms with E-state index in [2.05, 4.69) is 25.7 Å². The largest absolute Gasteiger partial charge is 0.444 e. The fourth-order valence-corrected chi connectivity index (χ4v) is 2.49. The Balaban J connectivity index is 2.39. The van der Waals surface area contributed by atoms with Crippen LogP contribution in [0.4, 0.5) is 4.79 Å². The minimum Gasteiger partial charge on any atom is -0.444 e. The van der Waals surface area contributed by atoms with Crippen LogP contribution in [0, 0.1) is 0 Å². The number of carbonyl (C=O) groups excluding carboxylic acids is 1. The topological polar surface area (TPSA) is 42.0 Å². The molecule has 5 nitrogen and oxygen atoms in total. The summed E-state index contributed by atoms with van der Waals surface area (Å²) in [5.74, 6) is 0. The van der Waals surface area contributed by atoms with Crippen LogP contribution in [0.2, 0.25) is 0 Å². The van der Waals surface area contributed by atoms with Crippen molar-refractivity contribution in [3.63, 3.8) is 0 Å². The molecule has 0 aromatic rings. The van der Waals surface area contributed by atoms with Crippen LogP contribution in [0.3, 0.4) is 0 Å². The molecule has 1 heterocycles. The van der Waals surface area contributed by atoms with Gasteiger partial charge in [0, 0.05) is 13.1 Å². The van der Waals surface area contributed by atoms with Crippen LogP contribution in [0.5, 0.6) is 0 Å². The quantitative estimate of drug-likeness (QED) is 0.756. The number of nitrogens with zero attached hydrogens (tertiary/aromatic N) is 2. The molecule has 1 rings (SSSR count). The molecule has 124 valence electrons. The number of hydrogen-bond acceptors (Lipinski definition) is 4. The summed E-state index contributed by atoms with van der Waals surface area (Å²) in [5, 5.41) is 0. The van der Waals surface area contributed by atoms with Gasteiger partial charge < -0.3 is 19.3 Å². The van der Waals surface area contributed by atoms with Crippen LogP contribution in [0.1, 0.15) is 48.0 Å². The highest BCUT2D eigenvalue weighted by molar-refractivity contribution is 5.68. The van der Waals surface area contributed by atoms with Crippen molar-refractivity contribution in [3.05, 3.63) is 0 Å². The first kappa shape index (κ1) is 18.2. The molecule has 0 spiro atoms. The van der Waals surface area contributed by atoms with E-state index in [4.69, 9.17) is 9.47 Å². The number of rotatable bonds is 6. The maximum absolute atomic E-state index is 12.1. The first-order chi connectivity index (χ1) is 9.69. The molecule has 1 saturated heterocycles. The van der Waals surface area contributed by atoms with Crippen molar-refractivity contribution in [1.82, 2.24) is 9.80 Å². The Kier molecular flexibility index (Phi) is 6.47. The molecule has 0 bridgehead atoms. The normalized spacial score (nSPS) is 22.9. The molecular weight excluding hydrogens is 268 g/mol. The highest BCUT2D eigenvalue weighted by Crippen LogP contribution is 2.26. The molecule has 1 unspecified atom stereocenters. The fourth-order valence-electron chi connectivity index (χ4n) is 2.49. The van der Waals surface area contributed by atoms with Gasteiger partial charge in [0.15, 0.2) is 0 Å². The molecule has 1 aliphatic heterocycles. The molecule has 0 aliphatic carbocycles. The van der Waals surface area contributed by atoms with Crippen molar-refractivity contribution in [2.24, 2.45) is 0 Å². The monoisotopic (exact) mass is 300 g/mol. The number of carbonyl (C=O) groups is 1. The Morgan fingerprint density at radius 2 is 1.90 bits per heavy atom. The molecule has 1 aliphatic rings. The average molecular weight is 300 g/mol. The molecule has 1 fully saturated rings. The molecule has 0 N–H and O–H groups in total. The average Bonchev–Trinajstić information content (AvgIpc) is 2.76. The SMILES string of the molecule is CCN(CC)CCOC1(C)CCN(C(=O)OC(C)(C)C)C1. The van der Waals surface area contributed by atoms with Gasteiger partial charge >= 0.3 is 6.09 Å². The molecular formula is C16H32N2O3. The second-order valence-corrected chi connectivity index (χ2v) is 6.98. The van der Waals surface area contributed by atoms with Gasteiger partial charge in [-0.1, -0.05) is 13.8 Å². The molecule has 1 atom stereocenters. The zero-order chi connectivity index (χ0) is 16.1. The van der Waals surface area contributed by atoms with Crippen molar-refractivity contribution in [3.8, 4) is 0 Å². The van der Waals surface area contributed by atoms with Crippen LogP contribution in [0.25, 0.3) is 0 Å². The summed E-state index contributed by atoms with van der Waals surface area (Å²) in [4.78, 5) is 16.2. The number of ether oxygens (including phenoxy) is 2. The lowest BCUT2D eigenvalue weighted by molar-refractivity contribution is -0.0339. The van der Waals surface area contributed by atoms with Crippen molar-refractivity contribution in [2.75, 3.05) is 39.3 Å². The Hall–Kier alpha value is -0.810. The van der Waals surface area contributed by atoms with E-state index in [1.54, 1.807) is 4.90 Å². The third-order valence-electron chi connectivity index (χ3n) is 3.84. The van der Waals surface area contributed by atoms with E-state index >= 15 is 0 Å². The predicted octanol–water partition coefficient (Wildman–Crippen LogP) is 2.74. The summed E-state index contributed by atoms with van der Waals surface area (Å²) >= 11 is 0. The van der Waals surface area contributed by atoms with Gasteiger partial charge in [0.1, 0.15) is 5.60 Å². The maximum atomic E-state index is 12.1. The lowest BCUT2D eigenvalue weighted by Gasteiger charge is -2.28. The van der Waals surface area contributed by atoms with Gasteiger partial charge in [-0.15, -0.1) is 0 Å². The molecule has 0 radical (unpaired) electrons. The third kappa shape index (κ3) is 6.22. The molecule has 5 heteroatoms. The zero-order valence-electron chi connectivity index (χ0n) is 14.6. The highest BCUT2D eigenvalue weighted by Gasteiger charge is 2.38. The third-order valence-corrected chi connectivity index (χ3v) is 3.84. The van der Waals surface area contributed by atoms with E-state index in [1.807, 2.05) is 20.8 Å². The Labute approximate surface area is 129 Å². The Bertz CT molecular complexity index is 337. The second-order valence-electron chi connectivity index (χ2n) is 6.98. The van der Waals surface area contributed by atoms with E-state index in [9.17, 15) is 4.79 Å². The van der Waals surface area contributed by atoms with Crippen LogP contribution < -0.4 is 0 Å².